The van der Waals surface area contributed by atoms with E-state index in [-0.39, 0.29) is 17.8 Å². The van der Waals surface area contributed by atoms with Gasteiger partial charge in [-0.1, -0.05) is 48.5 Å². The van der Waals surface area contributed by atoms with E-state index in [4.69, 9.17) is 14.5 Å². The van der Waals surface area contributed by atoms with E-state index in [0.717, 1.165) is 5.56 Å². The molecule has 2 heterocycles. The van der Waals surface area contributed by atoms with Crippen LogP contribution in [0.25, 0.3) is 22.2 Å². The summed E-state index contributed by atoms with van der Waals surface area (Å²) in [5.74, 6) is -2.06. The number of benzene rings is 2. The minimum atomic E-state index is -0.967. The Kier molecular flexibility index (Phi) is 7.38. The number of para-hydroxylation sites is 1. The number of carbonyl (C=O) groups is 3. The molecule has 36 heavy (non-hydrogen) atoms. The van der Waals surface area contributed by atoms with Gasteiger partial charge in [-0.3, -0.25) is 9.59 Å². The van der Waals surface area contributed by atoms with Gasteiger partial charge in [0, 0.05) is 29.6 Å². The van der Waals surface area contributed by atoms with Gasteiger partial charge in [0.2, 0.25) is 0 Å². The first-order valence-corrected chi connectivity index (χ1v) is 12.2. The zero-order valence-corrected chi connectivity index (χ0v) is 21.2. The fourth-order valence-corrected chi connectivity index (χ4v) is 4.69. The number of nitrogens with zero attached hydrogens (tertiary/aromatic N) is 2. The summed E-state index contributed by atoms with van der Waals surface area (Å²) < 4.78 is 10.6. The Hall–Kier alpha value is -3.74. The standard InChI is InChI=1S/C29H32N2O5/c1-29(2,3)36-28(34)31-16-14-20(15-17-31)25(27(33)35-4)26(32)22-18-24(19-10-6-5-7-11-19)30-23-13-9-8-12-21(22)23/h5-13,18,20,25H,14-17H2,1-4H3. The molecule has 1 aliphatic rings. The molecule has 0 spiro atoms. The quantitative estimate of drug-likeness (QED) is 0.267. The van der Waals surface area contributed by atoms with Crippen molar-refractivity contribution in [3.63, 3.8) is 0 Å². The summed E-state index contributed by atoms with van der Waals surface area (Å²) in [6.07, 6.45) is 0.619. The van der Waals surface area contributed by atoms with E-state index in [0.29, 0.717) is 48.1 Å². The molecule has 0 bridgehead atoms. The van der Waals surface area contributed by atoms with Crippen LogP contribution in [0.15, 0.2) is 60.7 Å². The Balaban J connectivity index is 1.65. The van der Waals surface area contributed by atoms with E-state index in [1.54, 1.807) is 11.0 Å². The molecular weight excluding hydrogens is 456 g/mol. The minimum absolute atomic E-state index is 0.254. The summed E-state index contributed by atoms with van der Waals surface area (Å²) in [6, 6.07) is 18.9. The second-order valence-electron chi connectivity index (χ2n) is 10.1. The molecule has 2 aromatic carbocycles. The van der Waals surface area contributed by atoms with Crippen LogP contribution in [0.2, 0.25) is 0 Å². The van der Waals surface area contributed by atoms with Crippen molar-refractivity contribution in [2.75, 3.05) is 20.2 Å². The van der Waals surface area contributed by atoms with E-state index >= 15 is 0 Å². The number of pyridine rings is 1. The Bertz CT molecular complexity index is 1260. The predicted molar refractivity (Wildman–Crippen MR) is 138 cm³/mol. The maximum atomic E-state index is 14.0. The maximum Gasteiger partial charge on any atom is 0.410 e. The fraction of sp³-hybridized carbons (Fsp3) is 0.379. The first-order chi connectivity index (χ1) is 17.2. The number of carbonyl (C=O) groups excluding carboxylic acids is 3. The van der Waals surface area contributed by atoms with Gasteiger partial charge in [0.15, 0.2) is 5.78 Å². The number of Topliss-reactive ketones (excluding diaryl/α,β-unsaturated/α-hetero) is 1. The van der Waals surface area contributed by atoms with Crippen LogP contribution in [0, 0.1) is 11.8 Å². The van der Waals surface area contributed by atoms with E-state index in [9.17, 15) is 14.4 Å². The Morgan fingerprint density at radius 3 is 2.25 bits per heavy atom. The van der Waals surface area contributed by atoms with Crippen molar-refractivity contribution in [3.8, 4) is 11.3 Å². The SMILES string of the molecule is COC(=O)C(C(=O)c1cc(-c2ccccc2)nc2ccccc12)C1CCN(C(=O)OC(C)(C)C)CC1. The Morgan fingerprint density at radius 2 is 1.61 bits per heavy atom. The number of esters is 1. The van der Waals surface area contributed by atoms with Gasteiger partial charge in [0.05, 0.1) is 18.3 Å². The zero-order valence-electron chi connectivity index (χ0n) is 21.2. The maximum absolute atomic E-state index is 14.0. The molecule has 3 aromatic rings. The van der Waals surface area contributed by atoms with Crippen LogP contribution in [0.4, 0.5) is 4.79 Å². The van der Waals surface area contributed by atoms with Crippen LogP contribution >= 0.6 is 0 Å². The third-order valence-corrected chi connectivity index (χ3v) is 6.45. The molecule has 1 fully saturated rings. The van der Waals surface area contributed by atoms with E-state index in [1.807, 2.05) is 75.4 Å². The summed E-state index contributed by atoms with van der Waals surface area (Å²) in [4.78, 5) is 45.9. The van der Waals surface area contributed by atoms with Crippen molar-refractivity contribution in [2.24, 2.45) is 11.8 Å². The van der Waals surface area contributed by atoms with Crippen LogP contribution < -0.4 is 0 Å². The molecule has 0 N–H and O–H groups in total. The van der Waals surface area contributed by atoms with Gasteiger partial charge in [-0.25, -0.2) is 9.78 Å². The van der Waals surface area contributed by atoms with Gasteiger partial charge in [-0.05, 0) is 51.7 Å². The van der Waals surface area contributed by atoms with Crippen LogP contribution in [-0.2, 0) is 14.3 Å². The number of ether oxygens (including phenoxy) is 2. The number of hydrogen-bond acceptors (Lipinski definition) is 6. The first-order valence-electron chi connectivity index (χ1n) is 12.2. The number of piperidine rings is 1. The number of rotatable bonds is 5. The van der Waals surface area contributed by atoms with Crippen LogP contribution in [-0.4, -0.2) is 53.5 Å². The van der Waals surface area contributed by atoms with E-state index in [1.165, 1.54) is 7.11 Å². The van der Waals surface area contributed by atoms with Crippen molar-refractivity contribution >= 4 is 28.7 Å². The minimum Gasteiger partial charge on any atom is -0.468 e. The first kappa shape index (κ1) is 25.4. The topological polar surface area (TPSA) is 85.8 Å². The van der Waals surface area contributed by atoms with Crippen LogP contribution in [0.3, 0.4) is 0 Å². The average Bonchev–Trinajstić information content (AvgIpc) is 2.87. The molecule has 4 rings (SSSR count). The molecule has 188 valence electrons. The highest BCUT2D eigenvalue weighted by molar-refractivity contribution is 6.15. The third-order valence-electron chi connectivity index (χ3n) is 6.45. The number of likely N-dealkylation sites (tertiary alicyclic amines) is 1. The smallest absolute Gasteiger partial charge is 0.410 e. The molecule has 1 atom stereocenters. The monoisotopic (exact) mass is 488 g/mol. The lowest BCUT2D eigenvalue weighted by atomic mass is 9.79. The van der Waals surface area contributed by atoms with Crippen LogP contribution in [0.5, 0.6) is 0 Å². The number of ketones is 1. The predicted octanol–water partition coefficient (Wildman–Crippen LogP) is 5.52. The van der Waals surface area contributed by atoms with Crippen molar-refractivity contribution in [1.82, 2.24) is 9.88 Å². The number of hydrogen-bond donors (Lipinski definition) is 0. The molecule has 1 amide bonds. The lowest BCUT2D eigenvalue weighted by molar-refractivity contribution is -0.145. The summed E-state index contributed by atoms with van der Waals surface area (Å²) in [5, 5.41) is 0.697. The highest BCUT2D eigenvalue weighted by atomic mass is 16.6. The molecule has 1 aliphatic heterocycles. The van der Waals surface area contributed by atoms with Crippen LogP contribution in [0.1, 0.15) is 44.0 Å². The zero-order chi connectivity index (χ0) is 25.9. The average molecular weight is 489 g/mol. The van der Waals surface area contributed by atoms with Gasteiger partial charge in [-0.15, -0.1) is 0 Å². The van der Waals surface area contributed by atoms with Gasteiger partial charge in [0.25, 0.3) is 0 Å². The fourth-order valence-electron chi connectivity index (χ4n) is 4.69. The summed E-state index contributed by atoms with van der Waals surface area (Å²) in [5.41, 5.74) is 2.10. The molecule has 0 saturated carbocycles. The molecule has 7 heteroatoms. The third kappa shape index (κ3) is 5.56. The summed E-state index contributed by atoms with van der Waals surface area (Å²) >= 11 is 0. The molecule has 0 aliphatic carbocycles. The molecule has 1 unspecified atom stereocenters. The largest absolute Gasteiger partial charge is 0.468 e. The number of aromatic nitrogens is 1. The highest BCUT2D eigenvalue weighted by Crippen LogP contribution is 2.33. The van der Waals surface area contributed by atoms with Gasteiger partial charge in [0.1, 0.15) is 11.5 Å². The Labute approximate surface area is 211 Å². The van der Waals surface area contributed by atoms with E-state index in [2.05, 4.69) is 0 Å². The molecule has 0 radical (unpaired) electrons. The Morgan fingerprint density at radius 1 is 0.972 bits per heavy atom. The summed E-state index contributed by atoms with van der Waals surface area (Å²) in [6.45, 7) is 6.30. The van der Waals surface area contributed by atoms with Crippen molar-refractivity contribution < 1.29 is 23.9 Å². The van der Waals surface area contributed by atoms with Crippen molar-refractivity contribution in [3.05, 3.63) is 66.2 Å². The number of methoxy groups -OCH3 is 1. The van der Waals surface area contributed by atoms with Gasteiger partial charge in [-0.2, -0.15) is 0 Å². The van der Waals surface area contributed by atoms with Gasteiger partial charge >= 0.3 is 12.1 Å². The second-order valence-corrected chi connectivity index (χ2v) is 10.1. The van der Waals surface area contributed by atoms with Crippen molar-refractivity contribution in [2.45, 2.75) is 39.2 Å². The normalized spacial score (nSPS) is 15.4. The molecule has 1 saturated heterocycles. The number of fused-ring (bicyclic) bond motifs is 1. The summed E-state index contributed by atoms with van der Waals surface area (Å²) in [7, 11) is 1.30. The lowest BCUT2D eigenvalue weighted by Gasteiger charge is -2.35. The molecule has 1 aromatic heterocycles. The number of amides is 1. The lowest BCUT2D eigenvalue weighted by Crippen LogP contribution is -2.45. The van der Waals surface area contributed by atoms with E-state index < -0.39 is 17.5 Å². The molecule has 7 nitrogen and oxygen atoms in total. The van der Waals surface area contributed by atoms with Crippen molar-refractivity contribution in [1.29, 1.82) is 0 Å². The van der Waals surface area contributed by atoms with Gasteiger partial charge < -0.3 is 14.4 Å². The highest BCUT2D eigenvalue weighted by Gasteiger charge is 2.40. The molecular formula is C29H32N2O5. The second kappa shape index (κ2) is 10.5.